The van der Waals surface area contributed by atoms with Crippen molar-refractivity contribution >= 4 is 55.4 Å². The van der Waals surface area contributed by atoms with Crippen LogP contribution in [0, 0.1) is 0 Å². The molecule has 1 aromatic heterocycles. The van der Waals surface area contributed by atoms with Crippen LogP contribution in [0.2, 0.25) is 5.02 Å². The number of rotatable bonds is 2. The number of amides is 1. The molecule has 103 valence electrons. The third-order valence-corrected chi connectivity index (χ3v) is 2.58. The van der Waals surface area contributed by atoms with Crippen molar-refractivity contribution in [2.24, 2.45) is 0 Å². The van der Waals surface area contributed by atoms with Crippen molar-refractivity contribution < 1.29 is 14.7 Å². The molecule has 0 saturated heterocycles. The fraction of sp³-hybridized carbons (Fsp3) is 0.364. The third-order valence-electron chi connectivity index (χ3n) is 1.47. The number of pyridine rings is 1. The molecule has 0 bridgehead atoms. The fourth-order valence-electron chi connectivity index (χ4n) is 0.952. The summed E-state index contributed by atoms with van der Waals surface area (Å²) in [6.45, 7) is 1.32. The van der Waals surface area contributed by atoms with Gasteiger partial charge in [0.1, 0.15) is 0 Å². The molecular formula is C11H15ClN3O3Sn. The van der Waals surface area contributed by atoms with E-state index in [1.54, 1.807) is 6.07 Å². The molecule has 1 heterocycles. The Bertz CT molecular complexity index is 478. The molecule has 0 saturated carbocycles. The number of hydrogen-bond donors (Lipinski definition) is 2. The van der Waals surface area contributed by atoms with Gasteiger partial charge in [0.2, 0.25) is 0 Å². The maximum atomic E-state index is 10.8. The molecule has 0 aromatic carbocycles. The van der Waals surface area contributed by atoms with Crippen LogP contribution >= 0.6 is 11.6 Å². The normalized spacial score (nSPS) is 9.63. The van der Waals surface area contributed by atoms with Crippen molar-refractivity contribution in [2.45, 2.75) is 6.92 Å². The zero-order valence-electron chi connectivity index (χ0n) is 11.1. The number of aromatic nitrogens is 1. The average molecular weight is 391 g/mol. The Kier molecular flexibility index (Phi) is 7.96. The molecule has 6 nitrogen and oxygen atoms in total. The standard InChI is InChI=1S/C8H6ClN2O3.C3H9N.Sn/c1-4(12)11-5-2-3-10-7(6(5)9)8(13)14;1-4(2)3;/h2H,1H3,(H,13,14)(H,10,11,12);1-3H3;. The van der Waals surface area contributed by atoms with E-state index in [2.05, 4.69) is 10.3 Å². The molecule has 1 aromatic rings. The SMILES string of the molecule is CC(=O)Nc1c[c]([Sn])nc(C(=O)O)c1Cl.CN(C)C. The van der Waals surface area contributed by atoms with Gasteiger partial charge < -0.3 is 4.90 Å². The van der Waals surface area contributed by atoms with Gasteiger partial charge in [-0.15, -0.1) is 0 Å². The number of nitrogens with one attached hydrogen (secondary N) is 1. The van der Waals surface area contributed by atoms with Crippen molar-refractivity contribution in [3.8, 4) is 0 Å². The molecule has 0 aliphatic heterocycles. The Labute approximate surface area is 130 Å². The molecule has 3 radical (unpaired) electrons. The molecule has 0 fully saturated rings. The Hall–Kier alpha value is -0.861. The fourth-order valence-corrected chi connectivity index (χ4v) is 1.91. The largest absolute Gasteiger partial charge is 0.312 e. The second-order valence-corrected chi connectivity index (χ2v) is 5.89. The first-order valence-corrected chi connectivity index (χ1v) is 6.99. The quantitative estimate of drug-likeness (QED) is 0.712. The summed E-state index contributed by atoms with van der Waals surface area (Å²) in [4.78, 5) is 27.4. The van der Waals surface area contributed by atoms with E-state index in [1.165, 1.54) is 6.92 Å². The summed E-state index contributed by atoms with van der Waals surface area (Å²) >= 11 is 6.72. The molecule has 0 aliphatic carbocycles. The number of nitrogens with zero attached hydrogens (tertiary/aromatic N) is 2. The molecule has 1 amide bonds. The molecule has 0 atom stereocenters. The van der Waals surface area contributed by atoms with Gasteiger partial charge in [-0.2, -0.15) is 0 Å². The second kappa shape index (κ2) is 8.34. The van der Waals surface area contributed by atoms with E-state index in [1.807, 2.05) is 26.0 Å². The minimum Gasteiger partial charge on any atom is -0.312 e. The van der Waals surface area contributed by atoms with Crippen LogP contribution in [0.25, 0.3) is 0 Å². The number of carboxylic acids is 1. The van der Waals surface area contributed by atoms with Gasteiger partial charge in [-0.25, -0.2) is 0 Å². The monoisotopic (exact) mass is 392 g/mol. The Balaban J connectivity index is 0.000000711. The van der Waals surface area contributed by atoms with E-state index >= 15 is 0 Å². The molecule has 1 rings (SSSR count). The minimum absolute atomic E-state index is 0.0520. The Morgan fingerprint density at radius 3 is 2.26 bits per heavy atom. The summed E-state index contributed by atoms with van der Waals surface area (Å²) in [7, 11) is 6.00. The van der Waals surface area contributed by atoms with E-state index < -0.39 is 5.97 Å². The molecule has 0 unspecified atom stereocenters. The summed E-state index contributed by atoms with van der Waals surface area (Å²) in [5, 5.41) is 11.2. The van der Waals surface area contributed by atoms with E-state index in [0.717, 1.165) is 22.5 Å². The molecule has 8 heteroatoms. The van der Waals surface area contributed by atoms with Crippen LogP contribution in [0.5, 0.6) is 0 Å². The molecular weight excluding hydrogens is 376 g/mol. The van der Waals surface area contributed by atoms with Crippen LogP contribution in [0.15, 0.2) is 6.07 Å². The summed E-state index contributed by atoms with van der Waals surface area (Å²) in [6.07, 6.45) is 0. The van der Waals surface area contributed by atoms with Gasteiger partial charge in [0, 0.05) is 0 Å². The summed E-state index contributed by atoms with van der Waals surface area (Å²) in [6, 6.07) is 1.55. The van der Waals surface area contributed by atoms with Crippen molar-refractivity contribution in [3.63, 3.8) is 0 Å². The number of halogens is 1. The van der Waals surface area contributed by atoms with E-state index in [9.17, 15) is 9.59 Å². The van der Waals surface area contributed by atoms with Crippen molar-refractivity contribution in [2.75, 3.05) is 26.5 Å². The zero-order valence-corrected chi connectivity index (χ0v) is 14.7. The number of aromatic carboxylic acids is 1. The van der Waals surface area contributed by atoms with Crippen molar-refractivity contribution in [3.05, 3.63) is 16.8 Å². The second-order valence-electron chi connectivity index (χ2n) is 4.05. The zero-order chi connectivity index (χ0) is 15.2. The average Bonchev–Trinajstić information content (AvgIpc) is 2.20. The van der Waals surface area contributed by atoms with Gasteiger partial charge in [0.15, 0.2) is 0 Å². The van der Waals surface area contributed by atoms with Crippen LogP contribution in [-0.2, 0) is 4.79 Å². The van der Waals surface area contributed by atoms with E-state index in [4.69, 9.17) is 16.7 Å². The van der Waals surface area contributed by atoms with Crippen LogP contribution in [-0.4, -0.2) is 70.5 Å². The summed E-state index contributed by atoms with van der Waals surface area (Å²) < 4.78 is 0.563. The maximum absolute atomic E-state index is 10.8. The first-order chi connectivity index (χ1) is 8.65. The Morgan fingerprint density at radius 1 is 1.42 bits per heavy atom. The molecule has 0 aliphatic rings. The van der Waals surface area contributed by atoms with Crippen molar-refractivity contribution in [1.29, 1.82) is 0 Å². The van der Waals surface area contributed by atoms with Gasteiger partial charge in [-0.1, -0.05) is 0 Å². The number of carbonyl (C=O) groups is 2. The van der Waals surface area contributed by atoms with Crippen LogP contribution in [0.3, 0.4) is 0 Å². The van der Waals surface area contributed by atoms with Gasteiger partial charge >= 0.3 is 104 Å². The number of hydrogen-bond acceptors (Lipinski definition) is 4. The summed E-state index contributed by atoms with van der Waals surface area (Å²) in [5.74, 6) is -1.52. The van der Waals surface area contributed by atoms with Crippen LogP contribution in [0.4, 0.5) is 5.69 Å². The van der Waals surface area contributed by atoms with E-state index in [0.29, 0.717) is 3.71 Å². The van der Waals surface area contributed by atoms with Gasteiger partial charge in [0.05, 0.1) is 0 Å². The first-order valence-electron chi connectivity index (χ1n) is 5.19. The molecule has 19 heavy (non-hydrogen) atoms. The smallest absolute Gasteiger partial charge is 0.0140 e. The summed E-state index contributed by atoms with van der Waals surface area (Å²) in [5.41, 5.74) is 0.0399. The predicted molar refractivity (Wildman–Crippen MR) is 75.5 cm³/mol. The van der Waals surface area contributed by atoms with E-state index in [-0.39, 0.29) is 22.3 Å². The maximum Gasteiger partial charge on any atom is -0.0140 e. The first kappa shape index (κ1) is 18.1. The van der Waals surface area contributed by atoms with Gasteiger partial charge in [-0.05, 0) is 21.1 Å². The third kappa shape index (κ3) is 7.34. The topological polar surface area (TPSA) is 82.5 Å². The number of anilines is 1. The molecule has 2 N–H and O–H groups in total. The Morgan fingerprint density at radius 2 is 1.89 bits per heavy atom. The van der Waals surface area contributed by atoms with Gasteiger partial charge in [-0.3, -0.25) is 0 Å². The van der Waals surface area contributed by atoms with Gasteiger partial charge in [0.25, 0.3) is 0 Å². The minimum atomic E-state index is -1.21. The van der Waals surface area contributed by atoms with Crippen molar-refractivity contribution in [1.82, 2.24) is 9.88 Å². The number of carbonyl (C=O) groups excluding carboxylic acids is 1. The number of carboxylic acid groups (broad SMARTS) is 1. The molecule has 0 spiro atoms. The van der Waals surface area contributed by atoms with Crippen LogP contribution in [0.1, 0.15) is 17.4 Å². The van der Waals surface area contributed by atoms with Crippen LogP contribution < -0.4 is 9.03 Å². The predicted octanol–water partition coefficient (Wildman–Crippen LogP) is 0.363.